The number of rotatable bonds is 3. The molecule has 1 heterocycles. The molecule has 0 spiro atoms. The van der Waals surface area contributed by atoms with Crippen molar-refractivity contribution in [2.75, 3.05) is 7.11 Å². The van der Waals surface area contributed by atoms with Gasteiger partial charge in [0.25, 0.3) is 0 Å². The lowest BCUT2D eigenvalue weighted by atomic mass is 9.95. The van der Waals surface area contributed by atoms with Crippen LogP contribution in [-0.2, 0) is 5.41 Å². The van der Waals surface area contributed by atoms with Gasteiger partial charge in [0.2, 0.25) is 0 Å². The Balaban J connectivity index is 2.42. The van der Waals surface area contributed by atoms with E-state index in [1.54, 1.807) is 12.1 Å². The lowest BCUT2D eigenvalue weighted by molar-refractivity contribution is 0.212. The maximum Gasteiger partial charge on any atom is 0.133 e. The highest BCUT2D eigenvalue weighted by Crippen LogP contribution is 2.38. The predicted molar refractivity (Wildman–Crippen MR) is 80.0 cm³/mol. The van der Waals surface area contributed by atoms with Crippen LogP contribution in [0.5, 0.6) is 5.75 Å². The van der Waals surface area contributed by atoms with Crippen molar-refractivity contribution in [1.82, 2.24) is 0 Å². The molecule has 1 aromatic carbocycles. The van der Waals surface area contributed by atoms with E-state index in [9.17, 15) is 9.50 Å². The molecule has 1 aromatic heterocycles. The minimum atomic E-state index is -1.01. The van der Waals surface area contributed by atoms with Gasteiger partial charge in [0.05, 0.1) is 12.7 Å². The molecular formula is C16H19FO2S. The first-order valence-electron chi connectivity index (χ1n) is 6.45. The monoisotopic (exact) mass is 294 g/mol. The normalized spacial score (nSPS) is 13.3. The Kier molecular flexibility index (Phi) is 4.16. The molecule has 2 rings (SSSR count). The summed E-state index contributed by atoms with van der Waals surface area (Å²) >= 11 is 1.50. The maximum absolute atomic E-state index is 14.0. The summed E-state index contributed by atoms with van der Waals surface area (Å²) in [5.74, 6) is -0.0919. The second kappa shape index (κ2) is 5.54. The number of methoxy groups -OCH3 is 1. The smallest absolute Gasteiger partial charge is 0.133 e. The van der Waals surface area contributed by atoms with Crippen LogP contribution in [0.2, 0.25) is 0 Å². The van der Waals surface area contributed by atoms with Gasteiger partial charge in [-0.25, -0.2) is 4.39 Å². The minimum absolute atomic E-state index is 0.0158. The molecule has 108 valence electrons. The van der Waals surface area contributed by atoms with Crippen molar-refractivity contribution in [1.29, 1.82) is 0 Å². The molecular weight excluding hydrogens is 275 g/mol. The average Bonchev–Trinajstić information content (AvgIpc) is 2.87. The van der Waals surface area contributed by atoms with Gasteiger partial charge in [-0.05, 0) is 29.7 Å². The van der Waals surface area contributed by atoms with Gasteiger partial charge in [-0.1, -0.05) is 26.8 Å². The number of aliphatic hydroxyl groups is 1. The maximum atomic E-state index is 14.0. The molecule has 0 radical (unpaired) electrons. The first kappa shape index (κ1) is 15.0. The lowest BCUT2D eigenvalue weighted by Crippen LogP contribution is -2.08. The summed E-state index contributed by atoms with van der Waals surface area (Å²) < 4.78 is 19.1. The zero-order valence-electron chi connectivity index (χ0n) is 12.1. The standard InChI is InChI=1S/C16H19FO2S/c1-16(2,3)13-9-8-12(20-13)15(18)14-10(17)6-5-7-11(14)19-4/h5-9,15,18H,1-4H3. The van der Waals surface area contributed by atoms with E-state index in [0.29, 0.717) is 5.75 Å². The summed E-state index contributed by atoms with van der Waals surface area (Å²) in [5, 5.41) is 10.5. The molecule has 0 saturated carbocycles. The number of hydrogen-bond acceptors (Lipinski definition) is 3. The number of benzene rings is 1. The van der Waals surface area contributed by atoms with Crippen molar-refractivity contribution in [3.05, 3.63) is 51.5 Å². The number of ether oxygens (including phenoxy) is 1. The van der Waals surface area contributed by atoms with Crippen molar-refractivity contribution < 1.29 is 14.2 Å². The fourth-order valence-corrected chi connectivity index (χ4v) is 3.07. The Morgan fingerprint density at radius 2 is 1.90 bits per heavy atom. The van der Waals surface area contributed by atoms with Gasteiger partial charge in [0.15, 0.2) is 0 Å². The molecule has 1 N–H and O–H groups in total. The van der Waals surface area contributed by atoms with Gasteiger partial charge >= 0.3 is 0 Å². The molecule has 0 saturated heterocycles. The van der Waals surface area contributed by atoms with E-state index in [1.165, 1.54) is 24.5 Å². The van der Waals surface area contributed by atoms with Crippen LogP contribution in [-0.4, -0.2) is 12.2 Å². The van der Waals surface area contributed by atoms with E-state index in [1.807, 2.05) is 12.1 Å². The van der Waals surface area contributed by atoms with Crippen molar-refractivity contribution >= 4 is 11.3 Å². The first-order valence-corrected chi connectivity index (χ1v) is 7.27. The quantitative estimate of drug-likeness (QED) is 0.915. The second-order valence-electron chi connectivity index (χ2n) is 5.71. The van der Waals surface area contributed by atoms with Crippen molar-refractivity contribution in [3.8, 4) is 5.75 Å². The number of thiophene rings is 1. The molecule has 20 heavy (non-hydrogen) atoms. The average molecular weight is 294 g/mol. The second-order valence-corrected chi connectivity index (χ2v) is 6.83. The molecule has 0 amide bonds. The number of hydrogen-bond donors (Lipinski definition) is 1. The first-order chi connectivity index (χ1) is 9.34. The third kappa shape index (κ3) is 2.86. The van der Waals surface area contributed by atoms with Crippen LogP contribution >= 0.6 is 11.3 Å². The van der Waals surface area contributed by atoms with E-state index in [0.717, 1.165) is 9.75 Å². The molecule has 0 fully saturated rings. The highest BCUT2D eigenvalue weighted by atomic mass is 32.1. The Labute approximate surface area is 122 Å². The van der Waals surface area contributed by atoms with Crippen LogP contribution in [0.25, 0.3) is 0 Å². The summed E-state index contributed by atoms with van der Waals surface area (Å²) in [4.78, 5) is 1.88. The molecule has 1 atom stereocenters. The fraction of sp³-hybridized carbons (Fsp3) is 0.375. The van der Waals surface area contributed by atoms with Crippen LogP contribution in [0.4, 0.5) is 4.39 Å². The van der Waals surface area contributed by atoms with E-state index in [4.69, 9.17) is 4.74 Å². The Morgan fingerprint density at radius 1 is 1.20 bits per heavy atom. The Morgan fingerprint density at radius 3 is 2.45 bits per heavy atom. The molecule has 0 bridgehead atoms. The van der Waals surface area contributed by atoms with Crippen molar-refractivity contribution in [2.24, 2.45) is 0 Å². The van der Waals surface area contributed by atoms with Crippen LogP contribution in [0.15, 0.2) is 30.3 Å². The van der Waals surface area contributed by atoms with Gasteiger partial charge in [0, 0.05) is 9.75 Å². The van der Waals surface area contributed by atoms with Gasteiger partial charge in [-0.3, -0.25) is 0 Å². The summed E-state index contributed by atoms with van der Waals surface area (Å²) in [5.41, 5.74) is 0.208. The molecule has 1 unspecified atom stereocenters. The molecule has 0 aliphatic heterocycles. The molecule has 2 aromatic rings. The zero-order chi connectivity index (χ0) is 14.9. The summed E-state index contributed by atoms with van der Waals surface area (Å²) in [6.45, 7) is 6.33. The largest absolute Gasteiger partial charge is 0.496 e. The van der Waals surface area contributed by atoms with Crippen LogP contribution < -0.4 is 4.74 Å². The van der Waals surface area contributed by atoms with Gasteiger partial charge in [-0.15, -0.1) is 11.3 Å². The molecule has 4 heteroatoms. The van der Waals surface area contributed by atoms with Crippen LogP contribution in [0, 0.1) is 5.82 Å². The topological polar surface area (TPSA) is 29.5 Å². The molecule has 2 nitrogen and oxygen atoms in total. The number of aliphatic hydroxyl groups excluding tert-OH is 1. The van der Waals surface area contributed by atoms with Crippen LogP contribution in [0.3, 0.4) is 0 Å². The summed E-state index contributed by atoms with van der Waals surface area (Å²) in [6.07, 6.45) is -1.01. The van der Waals surface area contributed by atoms with Gasteiger partial charge < -0.3 is 9.84 Å². The fourth-order valence-electron chi connectivity index (χ4n) is 2.01. The highest BCUT2D eigenvalue weighted by Gasteiger charge is 2.23. The number of halogens is 1. The van der Waals surface area contributed by atoms with Crippen LogP contribution in [0.1, 0.15) is 42.2 Å². The van der Waals surface area contributed by atoms with Crippen molar-refractivity contribution in [2.45, 2.75) is 32.3 Å². The van der Waals surface area contributed by atoms with E-state index in [2.05, 4.69) is 20.8 Å². The highest BCUT2D eigenvalue weighted by molar-refractivity contribution is 7.12. The van der Waals surface area contributed by atoms with E-state index in [-0.39, 0.29) is 11.0 Å². The molecule has 0 aliphatic rings. The third-order valence-corrected chi connectivity index (χ3v) is 4.71. The Bertz CT molecular complexity index is 599. The van der Waals surface area contributed by atoms with Gasteiger partial charge in [0.1, 0.15) is 17.7 Å². The zero-order valence-corrected chi connectivity index (χ0v) is 12.9. The van der Waals surface area contributed by atoms with Crippen molar-refractivity contribution in [3.63, 3.8) is 0 Å². The third-order valence-electron chi connectivity index (χ3n) is 3.14. The van der Waals surface area contributed by atoms with E-state index < -0.39 is 11.9 Å². The summed E-state index contributed by atoms with van der Waals surface area (Å²) in [6, 6.07) is 8.39. The molecule has 0 aliphatic carbocycles. The van der Waals surface area contributed by atoms with E-state index >= 15 is 0 Å². The summed E-state index contributed by atoms with van der Waals surface area (Å²) in [7, 11) is 1.47. The predicted octanol–water partition coefficient (Wildman–Crippen LogP) is 4.28. The minimum Gasteiger partial charge on any atom is -0.496 e. The lowest BCUT2D eigenvalue weighted by Gasteiger charge is -2.16. The Hall–Kier alpha value is -1.39. The van der Waals surface area contributed by atoms with Gasteiger partial charge in [-0.2, -0.15) is 0 Å². The SMILES string of the molecule is COc1cccc(F)c1C(O)c1ccc(C(C)(C)C)s1.